The average molecular weight is 277 g/mol. The lowest BCUT2D eigenvalue weighted by Gasteiger charge is -2.28. The molecule has 4 nitrogen and oxygen atoms in total. The predicted molar refractivity (Wildman–Crippen MR) is 80.6 cm³/mol. The van der Waals surface area contributed by atoms with Gasteiger partial charge in [0.25, 0.3) is 0 Å². The van der Waals surface area contributed by atoms with Crippen molar-refractivity contribution in [1.29, 1.82) is 0 Å². The van der Waals surface area contributed by atoms with Crippen LogP contribution in [0, 0.1) is 5.41 Å². The summed E-state index contributed by atoms with van der Waals surface area (Å²) in [6.07, 6.45) is 0. The maximum absolute atomic E-state index is 6.01. The van der Waals surface area contributed by atoms with Crippen LogP contribution in [0.1, 0.15) is 32.6 Å². The number of benzene rings is 1. The molecule has 0 aliphatic heterocycles. The number of hydrogen-bond acceptors (Lipinski definition) is 4. The van der Waals surface area contributed by atoms with Gasteiger partial charge in [0.1, 0.15) is 22.8 Å². The number of methoxy groups -OCH3 is 2. The van der Waals surface area contributed by atoms with E-state index in [1.165, 1.54) is 0 Å². The number of hydrogen-bond donors (Lipinski definition) is 1. The van der Waals surface area contributed by atoms with Gasteiger partial charge in [0.05, 0.1) is 25.6 Å². The molecule has 0 radical (unpaired) electrons. The van der Waals surface area contributed by atoms with Gasteiger partial charge in [-0.15, -0.1) is 0 Å². The van der Waals surface area contributed by atoms with Crippen LogP contribution in [0.25, 0.3) is 11.0 Å². The first-order valence-corrected chi connectivity index (χ1v) is 6.73. The van der Waals surface area contributed by atoms with E-state index >= 15 is 0 Å². The highest BCUT2D eigenvalue weighted by molar-refractivity contribution is 5.86. The molecule has 0 fully saturated rings. The normalized spacial score (nSPS) is 13.5. The van der Waals surface area contributed by atoms with Crippen LogP contribution in [-0.2, 0) is 0 Å². The molecule has 0 aliphatic rings. The van der Waals surface area contributed by atoms with E-state index in [-0.39, 0.29) is 11.5 Å². The Bertz CT molecular complexity index is 596. The highest BCUT2D eigenvalue weighted by Gasteiger charge is 2.28. The molecule has 20 heavy (non-hydrogen) atoms. The Morgan fingerprint density at radius 3 is 2.30 bits per heavy atom. The molecule has 0 bridgehead atoms. The standard InChI is InChI=1S/C16H23NO3/c1-16(2,3)15(17-4)14-9-11-12(19-6)7-10(18-5)8-13(11)20-14/h7-9,15,17H,1-6H3. The molecule has 0 spiro atoms. The summed E-state index contributed by atoms with van der Waals surface area (Å²) < 4.78 is 16.7. The van der Waals surface area contributed by atoms with Crippen molar-refractivity contribution in [3.8, 4) is 11.5 Å². The van der Waals surface area contributed by atoms with Gasteiger partial charge in [-0.3, -0.25) is 0 Å². The van der Waals surface area contributed by atoms with Crippen molar-refractivity contribution in [3.05, 3.63) is 24.0 Å². The zero-order valence-electron chi connectivity index (χ0n) is 13.0. The number of rotatable bonds is 4. The molecule has 110 valence electrons. The smallest absolute Gasteiger partial charge is 0.141 e. The lowest BCUT2D eigenvalue weighted by Crippen LogP contribution is -2.29. The monoisotopic (exact) mass is 277 g/mol. The molecule has 1 atom stereocenters. The topological polar surface area (TPSA) is 43.6 Å². The Kier molecular flexibility index (Phi) is 3.95. The van der Waals surface area contributed by atoms with E-state index in [9.17, 15) is 0 Å². The lowest BCUT2D eigenvalue weighted by molar-refractivity contribution is 0.253. The maximum atomic E-state index is 6.01. The van der Waals surface area contributed by atoms with Gasteiger partial charge in [-0.2, -0.15) is 0 Å². The summed E-state index contributed by atoms with van der Waals surface area (Å²) in [7, 11) is 5.23. The molecule has 0 saturated carbocycles. The number of nitrogens with one attached hydrogen (secondary N) is 1. The Hall–Kier alpha value is -1.68. The fourth-order valence-corrected chi connectivity index (χ4v) is 2.53. The number of furan rings is 1. The van der Waals surface area contributed by atoms with Crippen LogP contribution in [0.15, 0.2) is 22.6 Å². The van der Waals surface area contributed by atoms with Crippen LogP contribution in [0.3, 0.4) is 0 Å². The van der Waals surface area contributed by atoms with Crippen LogP contribution in [0.2, 0.25) is 0 Å². The molecular weight excluding hydrogens is 254 g/mol. The summed E-state index contributed by atoms with van der Waals surface area (Å²) in [6.45, 7) is 6.54. The lowest BCUT2D eigenvalue weighted by atomic mass is 9.85. The van der Waals surface area contributed by atoms with Gasteiger partial charge in [-0.05, 0) is 18.5 Å². The molecule has 1 aromatic heterocycles. The summed E-state index contributed by atoms with van der Waals surface area (Å²) in [6, 6.07) is 5.93. The van der Waals surface area contributed by atoms with E-state index in [1.54, 1.807) is 14.2 Å². The summed E-state index contributed by atoms with van der Waals surface area (Å²) in [5.41, 5.74) is 0.834. The Labute approximate surface area is 120 Å². The van der Waals surface area contributed by atoms with Crippen LogP contribution in [-0.4, -0.2) is 21.3 Å². The highest BCUT2D eigenvalue weighted by Crippen LogP contribution is 2.39. The molecular formula is C16H23NO3. The third-order valence-electron chi connectivity index (χ3n) is 3.49. The van der Waals surface area contributed by atoms with Gasteiger partial charge in [-0.25, -0.2) is 0 Å². The minimum Gasteiger partial charge on any atom is -0.496 e. The second-order valence-electron chi connectivity index (χ2n) is 5.98. The molecule has 2 aromatic rings. The zero-order valence-corrected chi connectivity index (χ0v) is 13.0. The number of ether oxygens (including phenoxy) is 2. The van der Waals surface area contributed by atoms with Crippen molar-refractivity contribution in [2.24, 2.45) is 5.41 Å². The second-order valence-corrected chi connectivity index (χ2v) is 5.98. The minimum absolute atomic E-state index is 0.0555. The molecule has 0 amide bonds. The van der Waals surface area contributed by atoms with Gasteiger partial charge in [0.2, 0.25) is 0 Å². The summed E-state index contributed by atoms with van der Waals surface area (Å²) in [5, 5.41) is 4.29. The zero-order chi connectivity index (χ0) is 14.9. The fraction of sp³-hybridized carbons (Fsp3) is 0.500. The first-order chi connectivity index (χ1) is 9.40. The molecule has 0 aliphatic carbocycles. The third kappa shape index (κ3) is 2.61. The fourth-order valence-electron chi connectivity index (χ4n) is 2.53. The van der Waals surface area contributed by atoms with Crippen molar-refractivity contribution in [1.82, 2.24) is 5.32 Å². The van der Waals surface area contributed by atoms with E-state index in [4.69, 9.17) is 13.9 Å². The van der Waals surface area contributed by atoms with Gasteiger partial charge in [0, 0.05) is 12.1 Å². The van der Waals surface area contributed by atoms with E-state index in [1.807, 2.05) is 25.2 Å². The van der Waals surface area contributed by atoms with Crippen LogP contribution in [0.4, 0.5) is 0 Å². The second kappa shape index (κ2) is 5.37. The van der Waals surface area contributed by atoms with Crippen molar-refractivity contribution in [2.75, 3.05) is 21.3 Å². The molecule has 1 aromatic carbocycles. The maximum Gasteiger partial charge on any atom is 0.141 e. The van der Waals surface area contributed by atoms with E-state index in [0.29, 0.717) is 0 Å². The van der Waals surface area contributed by atoms with Crippen molar-refractivity contribution in [2.45, 2.75) is 26.8 Å². The first-order valence-electron chi connectivity index (χ1n) is 6.73. The van der Waals surface area contributed by atoms with Crippen LogP contribution >= 0.6 is 0 Å². The minimum atomic E-state index is 0.0555. The molecule has 1 N–H and O–H groups in total. The van der Waals surface area contributed by atoms with Crippen molar-refractivity contribution < 1.29 is 13.9 Å². The first kappa shape index (κ1) is 14.7. The molecule has 4 heteroatoms. The van der Waals surface area contributed by atoms with Gasteiger partial charge >= 0.3 is 0 Å². The van der Waals surface area contributed by atoms with Gasteiger partial charge < -0.3 is 19.2 Å². The van der Waals surface area contributed by atoms with E-state index in [2.05, 4.69) is 26.1 Å². The molecule has 1 unspecified atom stereocenters. The highest BCUT2D eigenvalue weighted by atomic mass is 16.5. The Balaban J connectivity index is 2.58. The average Bonchev–Trinajstić information content (AvgIpc) is 2.79. The summed E-state index contributed by atoms with van der Waals surface area (Å²) in [4.78, 5) is 0. The van der Waals surface area contributed by atoms with Crippen LogP contribution < -0.4 is 14.8 Å². The Morgan fingerprint density at radius 2 is 1.80 bits per heavy atom. The van der Waals surface area contributed by atoms with Gasteiger partial charge in [0.15, 0.2) is 0 Å². The molecule has 1 heterocycles. The summed E-state index contributed by atoms with van der Waals surface area (Å²) >= 11 is 0. The SMILES string of the molecule is CNC(c1cc2c(OC)cc(OC)cc2o1)C(C)(C)C. The third-order valence-corrected chi connectivity index (χ3v) is 3.49. The van der Waals surface area contributed by atoms with Crippen molar-refractivity contribution in [3.63, 3.8) is 0 Å². The van der Waals surface area contributed by atoms with E-state index < -0.39 is 0 Å². The van der Waals surface area contributed by atoms with Crippen molar-refractivity contribution >= 4 is 11.0 Å². The number of fused-ring (bicyclic) bond motifs is 1. The molecule has 2 rings (SSSR count). The van der Waals surface area contributed by atoms with E-state index in [0.717, 1.165) is 28.2 Å². The summed E-state index contributed by atoms with van der Waals surface area (Å²) in [5.74, 6) is 2.40. The van der Waals surface area contributed by atoms with Gasteiger partial charge in [-0.1, -0.05) is 20.8 Å². The van der Waals surface area contributed by atoms with Crippen LogP contribution in [0.5, 0.6) is 11.5 Å². The predicted octanol–water partition coefficient (Wildman–Crippen LogP) is 3.76. The molecule has 0 saturated heterocycles. The Morgan fingerprint density at radius 1 is 1.10 bits per heavy atom. The quantitative estimate of drug-likeness (QED) is 0.924. The largest absolute Gasteiger partial charge is 0.496 e.